The minimum absolute atomic E-state index is 0.0272. The van der Waals surface area contributed by atoms with E-state index in [-0.39, 0.29) is 5.41 Å². The standard InChI is InChI=1S/C19H34N4O2S/c1-7-19(8-2,16-12-10-9-11-13-16)15-22-17(20-5)21-14-18(3,4)23-26(6,24)25/h9-13,23H,7-8,14-15H2,1-6H3,(H2,20,21,22). The van der Waals surface area contributed by atoms with Crippen LogP contribution in [-0.2, 0) is 15.4 Å². The molecule has 0 unspecified atom stereocenters. The van der Waals surface area contributed by atoms with Gasteiger partial charge < -0.3 is 10.6 Å². The molecule has 0 saturated heterocycles. The Balaban J connectivity index is 2.76. The van der Waals surface area contributed by atoms with Crippen molar-refractivity contribution in [2.24, 2.45) is 4.99 Å². The van der Waals surface area contributed by atoms with E-state index in [1.165, 1.54) is 11.8 Å². The van der Waals surface area contributed by atoms with Gasteiger partial charge in [0.05, 0.1) is 6.26 Å². The van der Waals surface area contributed by atoms with Crippen LogP contribution < -0.4 is 15.4 Å². The number of rotatable bonds is 9. The monoisotopic (exact) mass is 382 g/mol. The Kier molecular flexibility index (Phi) is 8.09. The Hall–Kier alpha value is -1.60. The molecule has 0 bridgehead atoms. The van der Waals surface area contributed by atoms with E-state index in [0.717, 1.165) is 19.4 Å². The van der Waals surface area contributed by atoms with Crippen LogP contribution in [0.15, 0.2) is 35.3 Å². The van der Waals surface area contributed by atoms with Gasteiger partial charge in [0.25, 0.3) is 0 Å². The summed E-state index contributed by atoms with van der Waals surface area (Å²) >= 11 is 0. The predicted octanol–water partition coefficient (Wildman–Crippen LogP) is 2.24. The second-order valence-electron chi connectivity index (χ2n) is 7.39. The molecule has 0 spiro atoms. The van der Waals surface area contributed by atoms with Gasteiger partial charge in [-0.05, 0) is 32.3 Å². The topological polar surface area (TPSA) is 82.6 Å². The van der Waals surface area contributed by atoms with Crippen molar-refractivity contribution in [3.05, 3.63) is 35.9 Å². The summed E-state index contributed by atoms with van der Waals surface area (Å²) < 4.78 is 25.6. The lowest BCUT2D eigenvalue weighted by Gasteiger charge is -2.34. The molecule has 1 aromatic carbocycles. The van der Waals surface area contributed by atoms with Crippen molar-refractivity contribution in [2.45, 2.75) is 51.5 Å². The highest BCUT2D eigenvalue weighted by Crippen LogP contribution is 2.30. The lowest BCUT2D eigenvalue weighted by Crippen LogP contribution is -2.54. The van der Waals surface area contributed by atoms with Crippen LogP contribution in [-0.4, -0.2) is 46.3 Å². The van der Waals surface area contributed by atoms with Gasteiger partial charge in [-0.2, -0.15) is 0 Å². The van der Waals surface area contributed by atoms with E-state index >= 15 is 0 Å². The van der Waals surface area contributed by atoms with Crippen LogP contribution in [0, 0.1) is 0 Å². The fourth-order valence-electron chi connectivity index (χ4n) is 3.12. The van der Waals surface area contributed by atoms with E-state index in [4.69, 9.17) is 0 Å². The first kappa shape index (κ1) is 22.4. The summed E-state index contributed by atoms with van der Waals surface area (Å²) in [5, 5.41) is 6.62. The minimum Gasteiger partial charge on any atom is -0.356 e. The van der Waals surface area contributed by atoms with Crippen molar-refractivity contribution < 1.29 is 8.42 Å². The third-order valence-electron chi connectivity index (χ3n) is 4.72. The van der Waals surface area contributed by atoms with Crippen LogP contribution in [0.4, 0.5) is 0 Å². The van der Waals surface area contributed by atoms with Gasteiger partial charge in [0, 0.05) is 31.1 Å². The smallest absolute Gasteiger partial charge is 0.209 e. The number of nitrogens with one attached hydrogen (secondary N) is 3. The van der Waals surface area contributed by atoms with Gasteiger partial charge in [-0.15, -0.1) is 0 Å². The van der Waals surface area contributed by atoms with Gasteiger partial charge in [-0.3, -0.25) is 4.99 Å². The van der Waals surface area contributed by atoms with E-state index in [2.05, 4.69) is 58.5 Å². The molecule has 0 amide bonds. The van der Waals surface area contributed by atoms with Crippen LogP contribution in [0.3, 0.4) is 0 Å². The highest BCUT2D eigenvalue weighted by molar-refractivity contribution is 7.88. The predicted molar refractivity (Wildman–Crippen MR) is 110 cm³/mol. The molecule has 0 atom stereocenters. The molecule has 0 heterocycles. The summed E-state index contributed by atoms with van der Waals surface area (Å²) in [6.45, 7) is 9.25. The summed E-state index contributed by atoms with van der Waals surface area (Å²) in [6, 6.07) is 10.5. The van der Waals surface area contributed by atoms with Gasteiger partial charge >= 0.3 is 0 Å². The molecule has 1 aromatic rings. The summed E-state index contributed by atoms with van der Waals surface area (Å²) in [7, 11) is -1.55. The number of hydrogen-bond acceptors (Lipinski definition) is 3. The number of guanidine groups is 1. The highest BCUT2D eigenvalue weighted by Gasteiger charge is 2.29. The zero-order chi connectivity index (χ0) is 19.8. The maximum absolute atomic E-state index is 11.5. The molecular formula is C19H34N4O2S. The van der Waals surface area contributed by atoms with Crippen LogP contribution >= 0.6 is 0 Å². The fourth-order valence-corrected chi connectivity index (χ4v) is 4.19. The Morgan fingerprint density at radius 2 is 1.58 bits per heavy atom. The van der Waals surface area contributed by atoms with Gasteiger partial charge in [-0.1, -0.05) is 44.2 Å². The molecule has 0 aliphatic rings. The molecule has 3 N–H and O–H groups in total. The minimum atomic E-state index is -3.27. The van der Waals surface area contributed by atoms with E-state index in [1.807, 2.05) is 19.9 Å². The summed E-state index contributed by atoms with van der Waals surface area (Å²) in [4.78, 5) is 4.27. The van der Waals surface area contributed by atoms with E-state index < -0.39 is 15.6 Å². The largest absolute Gasteiger partial charge is 0.356 e. The molecular weight excluding hydrogens is 348 g/mol. The zero-order valence-corrected chi connectivity index (χ0v) is 17.7. The van der Waals surface area contributed by atoms with Gasteiger partial charge in [0.2, 0.25) is 10.0 Å². The van der Waals surface area contributed by atoms with Crippen LogP contribution in [0.2, 0.25) is 0 Å². The Morgan fingerprint density at radius 3 is 2.04 bits per heavy atom. The van der Waals surface area contributed by atoms with Crippen molar-refractivity contribution >= 4 is 16.0 Å². The molecule has 0 radical (unpaired) electrons. The van der Waals surface area contributed by atoms with Crippen molar-refractivity contribution in [2.75, 3.05) is 26.4 Å². The number of benzene rings is 1. The first-order valence-corrected chi connectivity index (χ1v) is 11.0. The average Bonchev–Trinajstić information content (AvgIpc) is 2.57. The van der Waals surface area contributed by atoms with E-state index in [1.54, 1.807) is 7.05 Å². The third-order valence-corrected chi connectivity index (χ3v) is 5.64. The van der Waals surface area contributed by atoms with Gasteiger partial charge in [0.1, 0.15) is 0 Å². The Morgan fingerprint density at radius 1 is 1.04 bits per heavy atom. The van der Waals surface area contributed by atoms with Gasteiger partial charge in [-0.25, -0.2) is 13.1 Å². The summed E-state index contributed by atoms with van der Waals surface area (Å²) in [5.41, 5.74) is 0.725. The van der Waals surface area contributed by atoms with Crippen molar-refractivity contribution in [3.63, 3.8) is 0 Å². The van der Waals surface area contributed by atoms with Crippen molar-refractivity contribution in [3.8, 4) is 0 Å². The quantitative estimate of drug-likeness (QED) is 0.452. The lowest BCUT2D eigenvalue weighted by atomic mass is 9.76. The number of hydrogen-bond donors (Lipinski definition) is 3. The second kappa shape index (κ2) is 9.37. The second-order valence-corrected chi connectivity index (χ2v) is 9.14. The molecule has 7 heteroatoms. The maximum Gasteiger partial charge on any atom is 0.209 e. The molecule has 6 nitrogen and oxygen atoms in total. The molecule has 0 aliphatic carbocycles. The molecule has 148 valence electrons. The fraction of sp³-hybridized carbons (Fsp3) is 0.632. The molecule has 0 aliphatic heterocycles. The summed E-state index contributed by atoms with van der Waals surface area (Å²) in [5.74, 6) is 0.663. The molecule has 1 rings (SSSR count). The van der Waals surface area contributed by atoms with Crippen LogP contribution in [0.25, 0.3) is 0 Å². The van der Waals surface area contributed by atoms with Crippen LogP contribution in [0.1, 0.15) is 46.1 Å². The number of sulfonamides is 1. The zero-order valence-electron chi connectivity index (χ0n) is 16.9. The number of aliphatic imine (C=N–C) groups is 1. The molecule has 0 fully saturated rings. The van der Waals surface area contributed by atoms with E-state index in [9.17, 15) is 8.42 Å². The van der Waals surface area contributed by atoms with Crippen molar-refractivity contribution in [1.29, 1.82) is 0 Å². The lowest BCUT2D eigenvalue weighted by molar-refractivity contribution is 0.387. The third kappa shape index (κ3) is 6.96. The van der Waals surface area contributed by atoms with Gasteiger partial charge in [0.15, 0.2) is 5.96 Å². The van der Waals surface area contributed by atoms with Crippen LogP contribution in [0.5, 0.6) is 0 Å². The molecule has 0 saturated carbocycles. The number of nitrogens with zero attached hydrogens (tertiary/aromatic N) is 1. The van der Waals surface area contributed by atoms with E-state index in [0.29, 0.717) is 12.5 Å². The molecule has 26 heavy (non-hydrogen) atoms. The normalized spacial score (nSPS) is 13.5. The first-order chi connectivity index (χ1) is 12.1. The summed E-state index contributed by atoms with van der Waals surface area (Å²) in [6.07, 6.45) is 3.19. The first-order valence-electron chi connectivity index (χ1n) is 9.06. The SMILES string of the molecule is CCC(CC)(CNC(=NC)NCC(C)(C)NS(C)(=O)=O)c1ccccc1. The molecule has 0 aromatic heterocycles. The average molecular weight is 383 g/mol. The Labute approximate surface area is 158 Å². The maximum atomic E-state index is 11.5. The Bertz CT molecular complexity index is 681. The van der Waals surface area contributed by atoms with Crippen molar-refractivity contribution in [1.82, 2.24) is 15.4 Å². The highest BCUT2D eigenvalue weighted by atomic mass is 32.2.